The summed E-state index contributed by atoms with van der Waals surface area (Å²) in [5.41, 5.74) is 2.18. The molecule has 0 spiro atoms. The van der Waals surface area contributed by atoms with Gasteiger partial charge in [0, 0.05) is 5.56 Å². The summed E-state index contributed by atoms with van der Waals surface area (Å²) in [5, 5.41) is 6.85. The molecule has 0 aliphatic heterocycles. The molecule has 3 nitrogen and oxygen atoms in total. The van der Waals surface area contributed by atoms with Gasteiger partial charge in [-0.1, -0.05) is 29.8 Å². The van der Waals surface area contributed by atoms with E-state index < -0.39 is 0 Å². The van der Waals surface area contributed by atoms with Crippen LogP contribution in [0, 0.1) is 6.92 Å². The normalized spacial score (nSPS) is 10.3. The Morgan fingerprint density at radius 1 is 1.23 bits per heavy atom. The van der Waals surface area contributed by atoms with Gasteiger partial charge in [-0.15, -0.1) is 0 Å². The number of hydrogen-bond acceptors (Lipinski definition) is 2. The van der Waals surface area contributed by atoms with Crippen molar-refractivity contribution in [3.8, 4) is 11.4 Å². The van der Waals surface area contributed by atoms with Crippen molar-refractivity contribution in [1.82, 2.24) is 15.2 Å². The maximum Gasteiger partial charge on any atom is 0.218 e. The smallest absolute Gasteiger partial charge is 0.218 e. The zero-order valence-corrected chi connectivity index (χ0v) is 7.84. The maximum atomic E-state index is 5.61. The summed E-state index contributed by atoms with van der Waals surface area (Å²) in [6.07, 6.45) is 0. The zero-order chi connectivity index (χ0) is 9.26. The molecule has 0 unspecified atom stereocenters. The third-order valence-electron chi connectivity index (χ3n) is 1.77. The number of aromatic amines is 1. The summed E-state index contributed by atoms with van der Waals surface area (Å²) in [7, 11) is 0. The molecule has 1 heterocycles. The fourth-order valence-electron chi connectivity index (χ4n) is 1.07. The summed E-state index contributed by atoms with van der Waals surface area (Å²) < 4.78 is 0. The molecule has 0 saturated carbocycles. The number of nitrogens with one attached hydrogen (secondary N) is 1. The highest BCUT2D eigenvalue weighted by Crippen LogP contribution is 2.15. The van der Waals surface area contributed by atoms with Gasteiger partial charge in [-0.25, -0.2) is 5.10 Å². The Balaban J connectivity index is 2.41. The summed E-state index contributed by atoms with van der Waals surface area (Å²) in [4.78, 5) is 4.01. The van der Waals surface area contributed by atoms with Crippen LogP contribution in [0.5, 0.6) is 0 Å². The molecular formula is C9H8ClN3. The van der Waals surface area contributed by atoms with E-state index in [1.54, 1.807) is 0 Å². The fraction of sp³-hybridized carbons (Fsp3) is 0.111. The van der Waals surface area contributed by atoms with E-state index in [0.717, 1.165) is 5.56 Å². The Morgan fingerprint density at radius 2 is 1.92 bits per heavy atom. The van der Waals surface area contributed by atoms with Gasteiger partial charge < -0.3 is 0 Å². The topological polar surface area (TPSA) is 41.6 Å². The fourth-order valence-corrected chi connectivity index (χ4v) is 1.20. The van der Waals surface area contributed by atoms with E-state index in [9.17, 15) is 0 Å². The third-order valence-corrected chi connectivity index (χ3v) is 1.94. The Bertz CT molecular complexity index is 405. The second-order valence-corrected chi connectivity index (χ2v) is 3.17. The Labute approximate surface area is 80.8 Å². The molecule has 4 heteroatoms. The lowest BCUT2D eigenvalue weighted by Gasteiger charge is -1.94. The average molecular weight is 194 g/mol. The molecule has 66 valence electrons. The molecule has 0 saturated heterocycles. The van der Waals surface area contributed by atoms with Gasteiger partial charge >= 0.3 is 0 Å². The molecular weight excluding hydrogens is 186 g/mol. The predicted octanol–water partition coefficient (Wildman–Crippen LogP) is 2.43. The number of aryl methyl sites for hydroxylation is 1. The first-order chi connectivity index (χ1) is 6.25. The molecule has 0 atom stereocenters. The van der Waals surface area contributed by atoms with Gasteiger partial charge in [-0.05, 0) is 18.5 Å². The van der Waals surface area contributed by atoms with Gasteiger partial charge in [0.2, 0.25) is 5.28 Å². The summed E-state index contributed by atoms with van der Waals surface area (Å²) >= 11 is 5.61. The number of hydrogen-bond donors (Lipinski definition) is 1. The summed E-state index contributed by atoms with van der Waals surface area (Å²) in [5.74, 6) is 0.630. The molecule has 1 N–H and O–H groups in total. The van der Waals surface area contributed by atoms with Crippen LogP contribution in [0.2, 0.25) is 5.28 Å². The lowest BCUT2D eigenvalue weighted by atomic mass is 10.1. The van der Waals surface area contributed by atoms with Crippen LogP contribution in [0.15, 0.2) is 24.3 Å². The molecule has 13 heavy (non-hydrogen) atoms. The van der Waals surface area contributed by atoms with Gasteiger partial charge in [0.05, 0.1) is 0 Å². The van der Waals surface area contributed by atoms with Gasteiger partial charge in [-0.2, -0.15) is 10.1 Å². The summed E-state index contributed by atoms with van der Waals surface area (Å²) in [6, 6.07) is 7.96. The minimum absolute atomic E-state index is 0.315. The van der Waals surface area contributed by atoms with Crippen LogP contribution in [0.4, 0.5) is 0 Å². The van der Waals surface area contributed by atoms with Crippen LogP contribution in [-0.2, 0) is 0 Å². The van der Waals surface area contributed by atoms with Crippen molar-refractivity contribution in [2.24, 2.45) is 0 Å². The highest BCUT2D eigenvalue weighted by molar-refractivity contribution is 6.28. The van der Waals surface area contributed by atoms with Crippen LogP contribution in [-0.4, -0.2) is 15.2 Å². The second kappa shape index (κ2) is 3.18. The van der Waals surface area contributed by atoms with Crippen LogP contribution >= 0.6 is 11.6 Å². The first-order valence-electron chi connectivity index (χ1n) is 3.90. The number of benzene rings is 1. The summed E-state index contributed by atoms with van der Waals surface area (Å²) in [6.45, 7) is 2.04. The Kier molecular flexibility index (Phi) is 2.02. The molecule has 0 radical (unpaired) electrons. The molecule has 1 aromatic carbocycles. The van der Waals surface area contributed by atoms with E-state index in [1.807, 2.05) is 31.2 Å². The molecule has 0 aliphatic carbocycles. The van der Waals surface area contributed by atoms with Gasteiger partial charge in [0.25, 0.3) is 0 Å². The molecule has 1 aromatic heterocycles. The first-order valence-corrected chi connectivity index (χ1v) is 4.28. The molecule has 0 aliphatic rings. The molecule has 0 fully saturated rings. The molecule has 2 aromatic rings. The standard InChI is InChI=1S/C9H8ClN3/c1-6-2-4-7(5-3-6)8-11-9(10)13-12-8/h2-5H,1H3,(H,11,12,13). The number of aromatic nitrogens is 3. The Morgan fingerprint density at radius 3 is 2.46 bits per heavy atom. The van der Waals surface area contributed by atoms with Gasteiger partial charge in [0.1, 0.15) is 0 Å². The minimum atomic E-state index is 0.315. The average Bonchev–Trinajstić information content (AvgIpc) is 2.53. The zero-order valence-electron chi connectivity index (χ0n) is 7.08. The van der Waals surface area contributed by atoms with Crippen molar-refractivity contribution in [3.63, 3.8) is 0 Å². The van der Waals surface area contributed by atoms with E-state index in [2.05, 4.69) is 15.2 Å². The predicted molar refractivity (Wildman–Crippen MR) is 51.6 cm³/mol. The SMILES string of the molecule is Cc1ccc(-c2n[nH]c(Cl)n2)cc1. The van der Waals surface area contributed by atoms with Gasteiger partial charge in [-0.3, -0.25) is 0 Å². The van der Waals surface area contributed by atoms with Crippen molar-refractivity contribution in [1.29, 1.82) is 0 Å². The monoisotopic (exact) mass is 193 g/mol. The van der Waals surface area contributed by atoms with E-state index in [0.29, 0.717) is 11.1 Å². The van der Waals surface area contributed by atoms with Crippen LogP contribution < -0.4 is 0 Å². The van der Waals surface area contributed by atoms with E-state index >= 15 is 0 Å². The minimum Gasteiger partial charge on any atom is -0.249 e. The lowest BCUT2D eigenvalue weighted by molar-refractivity contribution is 1.10. The van der Waals surface area contributed by atoms with E-state index in [4.69, 9.17) is 11.6 Å². The number of rotatable bonds is 1. The number of halogens is 1. The number of nitrogens with zero attached hydrogens (tertiary/aromatic N) is 2. The van der Waals surface area contributed by atoms with Crippen molar-refractivity contribution < 1.29 is 0 Å². The quantitative estimate of drug-likeness (QED) is 0.756. The highest BCUT2D eigenvalue weighted by Gasteiger charge is 2.02. The van der Waals surface area contributed by atoms with E-state index in [-0.39, 0.29) is 0 Å². The Hall–Kier alpha value is -1.35. The third kappa shape index (κ3) is 1.70. The van der Waals surface area contributed by atoms with Crippen molar-refractivity contribution in [2.45, 2.75) is 6.92 Å². The number of H-pyrrole nitrogens is 1. The van der Waals surface area contributed by atoms with Gasteiger partial charge in [0.15, 0.2) is 5.82 Å². The van der Waals surface area contributed by atoms with Crippen molar-refractivity contribution >= 4 is 11.6 Å². The highest BCUT2D eigenvalue weighted by atomic mass is 35.5. The van der Waals surface area contributed by atoms with Crippen molar-refractivity contribution in [3.05, 3.63) is 35.1 Å². The lowest BCUT2D eigenvalue weighted by Crippen LogP contribution is -1.80. The largest absolute Gasteiger partial charge is 0.249 e. The van der Waals surface area contributed by atoms with Crippen molar-refractivity contribution in [2.75, 3.05) is 0 Å². The van der Waals surface area contributed by atoms with Crippen LogP contribution in [0.3, 0.4) is 0 Å². The first kappa shape index (κ1) is 8.26. The van der Waals surface area contributed by atoms with Crippen LogP contribution in [0.25, 0.3) is 11.4 Å². The molecule has 0 amide bonds. The second-order valence-electron chi connectivity index (χ2n) is 2.82. The molecule has 2 rings (SSSR count). The molecule has 0 bridgehead atoms. The van der Waals surface area contributed by atoms with Crippen LogP contribution in [0.1, 0.15) is 5.56 Å². The van der Waals surface area contributed by atoms with E-state index in [1.165, 1.54) is 5.56 Å². The maximum absolute atomic E-state index is 5.61.